The van der Waals surface area contributed by atoms with E-state index in [1.54, 1.807) is 28.6 Å². The Morgan fingerprint density at radius 2 is 1.96 bits per heavy atom. The van der Waals surface area contributed by atoms with Crippen molar-refractivity contribution in [2.45, 2.75) is 12.8 Å². The van der Waals surface area contributed by atoms with Gasteiger partial charge in [0.2, 0.25) is 12.3 Å². The number of aromatic nitrogens is 2. The Balaban J connectivity index is 1.52. The minimum absolute atomic E-state index is 0.133. The molecule has 2 amide bonds. The molecule has 0 radical (unpaired) electrons. The van der Waals surface area contributed by atoms with Crippen LogP contribution in [0, 0.1) is 0 Å². The van der Waals surface area contributed by atoms with Crippen molar-refractivity contribution in [2.75, 3.05) is 26.2 Å². The van der Waals surface area contributed by atoms with Gasteiger partial charge in [-0.15, -0.1) is 11.3 Å². The van der Waals surface area contributed by atoms with Crippen LogP contribution in [0.1, 0.15) is 12.1 Å². The predicted octanol–water partition coefficient (Wildman–Crippen LogP) is 1.44. The van der Waals surface area contributed by atoms with Crippen LogP contribution in [0.15, 0.2) is 29.9 Å². The standard InChI is InChI=1S/C16H18N4O2S/c21-12-19-7-9-20(10-8-19)15(22)2-1-14-11-23-16(18-14)13-3-5-17-6-4-13/h3-6,11-12H,1-2,7-10H2. The molecule has 0 N–H and O–H groups in total. The summed E-state index contributed by atoms with van der Waals surface area (Å²) in [5.41, 5.74) is 1.99. The first-order valence-corrected chi connectivity index (χ1v) is 8.46. The summed E-state index contributed by atoms with van der Waals surface area (Å²) in [5, 5.41) is 2.96. The number of rotatable bonds is 5. The molecule has 3 heterocycles. The second kappa shape index (κ2) is 7.32. The highest BCUT2D eigenvalue weighted by molar-refractivity contribution is 7.13. The summed E-state index contributed by atoms with van der Waals surface area (Å²) in [6.07, 6.45) is 5.45. The van der Waals surface area contributed by atoms with Crippen LogP contribution >= 0.6 is 11.3 Å². The summed E-state index contributed by atoms with van der Waals surface area (Å²) in [6.45, 7) is 2.49. The Morgan fingerprint density at radius 3 is 2.65 bits per heavy atom. The van der Waals surface area contributed by atoms with Crippen molar-refractivity contribution in [1.82, 2.24) is 19.8 Å². The van der Waals surface area contributed by atoms with Gasteiger partial charge >= 0.3 is 0 Å². The minimum Gasteiger partial charge on any atom is -0.342 e. The largest absolute Gasteiger partial charge is 0.342 e. The second-order valence-electron chi connectivity index (χ2n) is 5.40. The Labute approximate surface area is 138 Å². The van der Waals surface area contributed by atoms with Crippen LogP contribution in [0.4, 0.5) is 0 Å². The summed E-state index contributed by atoms with van der Waals surface area (Å²) in [4.78, 5) is 35.0. The van der Waals surface area contributed by atoms with Crippen LogP contribution in [-0.2, 0) is 16.0 Å². The van der Waals surface area contributed by atoms with Crippen molar-refractivity contribution in [3.05, 3.63) is 35.6 Å². The van der Waals surface area contributed by atoms with Crippen molar-refractivity contribution in [3.8, 4) is 10.6 Å². The summed E-state index contributed by atoms with van der Waals surface area (Å²) in [7, 11) is 0. The number of aryl methyl sites for hydroxylation is 1. The molecule has 1 aliphatic heterocycles. The molecular weight excluding hydrogens is 312 g/mol. The fourth-order valence-electron chi connectivity index (χ4n) is 2.52. The molecule has 0 atom stereocenters. The number of amides is 2. The Hall–Kier alpha value is -2.28. The summed E-state index contributed by atoms with van der Waals surface area (Å²) in [5.74, 6) is 0.133. The zero-order valence-corrected chi connectivity index (χ0v) is 13.5. The number of pyridine rings is 1. The van der Waals surface area contributed by atoms with Gasteiger partial charge in [0.15, 0.2) is 0 Å². The Kier molecular flexibility index (Phi) is 4.97. The normalized spacial score (nSPS) is 14.8. The SMILES string of the molecule is O=CN1CCN(C(=O)CCc2csc(-c3ccncc3)n2)CC1. The summed E-state index contributed by atoms with van der Waals surface area (Å²) < 4.78 is 0. The third kappa shape index (κ3) is 3.92. The quantitative estimate of drug-likeness (QED) is 0.778. The number of nitrogens with zero attached hydrogens (tertiary/aromatic N) is 4. The summed E-state index contributed by atoms with van der Waals surface area (Å²) in [6, 6.07) is 3.86. The van der Waals surface area contributed by atoms with E-state index in [4.69, 9.17) is 0 Å². The topological polar surface area (TPSA) is 66.4 Å². The molecule has 2 aromatic heterocycles. The van der Waals surface area contributed by atoms with Gasteiger partial charge < -0.3 is 9.80 Å². The van der Waals surface area contributed by atoms with Crippen molar-refractivity contribution in [1.29, 1.82) is 0 Å². The van der Waals surface area contributed by atoms with Gasteiger partial charge in [0, 0.05) is 55.9 Å². The van der Waals surface area contributed by atoms with Gasteiger partial charge in [-0.05, 0) is 18.6 Å². The molecule has 23 heavy (non-hydrogen) atoms. The van der Waals surface area contributed by atoms with Gasteiger partial charge in [0.1, 0.15) is 5.01 Å². The van der Waals surface area contributed by atoms with E-state index in [-0.39, 0.29) is 5.91 Å². The number of hydrogen-bond donors (Lipinski definition) is 0. The molecule has 0 unspecified atom stereocenters. The van der Waals surface area contributed by atoms with E-state index < -0.39 is 0 Å². The van der Waals surface area contributed by atoms with E-state index in [0.29, 0.717) is 39.0 Å². The van der Waals surface area contributed by atoms with Gasteiger partial charge in [0.05, 0.1) is 5.69 Å². The Morgan fingerprint density at radius 1 is 1.22 bits per heavy atom. The Bertz CT molecular complexity index is 666. The van der Waals surface area contributed by atoms with Crippen molar-refractivity contribution >= 4 is 23.7 Å². The highest BCUT2D eigenvalue weighted by Gasteiger charge is 2.20. The van der Waals surface area contributed by atoms with Gasteiger partial charge in [-0.1, -0.05) is 0 Å². The molecule has 120 valence electrons. The third-order valence-corrected chi connectivity index (χ3v) is 4.83. The lowest BCUT2D eigenvalue weighted by Crippen LogP contribution is -2.48. The monoisotopic (exact) mass is 330 g/mol. The zero-order valence-electron chi connectivity index (χ0n) is 12.7. The second-order valence-corrected chi connectivity index (χ2v) is 6.26. The van der Waals surface area contributed by atoms with Crippen molar-refractivity contribution in [2.24, 2.45) is 0 Å². The fourth-order valence-corrected chi connectivity index (χ4v) is 3.38. The van der Waals surface area contributed by atoms with Crippen LogP contribution in [-0.4, -0.2) is 58.3 Å². The lowest BCUT2D eigenvalue weighted by atomic mass is 10.2. The van der Waals surface area contributed by atoms with Crippen molar-refractivity contribution in [3.63, 3.8) is 0 Å². The molecule has 3 rings (SSSR count). The van der Waals surface area contributed by atoms with Crippen LogP contribution < -0.4 is 0 Å². The lowest BCUT2D eigenvalue weighted by Gasteiger charge is -2.32. The predicted molar refractivity (Wildman–Crippen MR) is 87.9 cm³/mol. The maximum Gasteiger partial charge on any atom is 0.223 e. The maximum absolute atomic E-state index is 12.2. The number of piperazine rings is 1. The van der Waals surface area contributed by atoms with Gasteiger partial charge in [-0.2, -0.15) is 0 Å². The maximum atomic E-state index is 12.2. The first-order valence-electron chi connectivity index (χ1n) is 7.58. The molecule has 6 nitrogen and oxygen atoms in total. The van der Waals surface area contributed by atoms with E-state index in [9.17, 15) is 9.59 Å². The average Bonchev–Trinajstić information content (AvgIpc) is 3.09. The smallest absolute Gasteiger partial charge is 0.223 e. The van der Waals surface area contributed by atoms with E-state index >= 15 is 0 Å². The molecular formula is C16H18N4O2S. The van der Waals surface area contributed by atoms with Gasteiger partial charge in [0.25, 0.3) is 0 Å². The van der Waals surface area contributed by atoms with Crippen LogP contribution in [0.5, 0.6) is 0 Å². The highest BCUT2D eigenvalue weighted by Crippen LogP contribution is 2.23. The van der Waals surface area contributed by atoms with E-state index in [0.717, 1.165) is 22.7 Å². The zero-order chi connectivity index (χ0) is 16.1. The van der Waals surface area contributed by atoms with E-state index in [1.807, 2.05) is 22.4 Å². The number of carbonyl (C=O) groups excluding carboxylic acids is 2. The van der Waals surface area contributed by atoms with Crippen LogP contribution in [0.2, 0.25) is 0 Å². The molecule has 1 fully saturated rings. The van der Waals surface area contributed by atoms with Crippen LogP contribution in [0.3, 0.4) is 0 Å². The molecule has 1 aliphatic rings. The number of thiazole rings is 1. The molecule has 0 bridgehead atoms. The first-order chi connectivity index (χ1) is 11.3. The number of hydrogen-bond acceptors (Lipinski definition) is 5. The third-order valence-electron chi connectivity index (χ3n) is 3.89. The fraction of sp³-hybridized carbons (Fsp3) is 0.375. The highest BCUT2D eigenvalue weighted by atomic mass is 32.1. The van der Waals surface area contributed by atoms with Gasteiger partial charge in [-0.25, -0.2) is 4.98 Å². The molecule has 7 heteroatoms. The molecule has 0 aromatic carbocycles. The molecule has 0 spiro atoms. The molecule has 1 saturated heterocycles. The van der Waals surface area contributed by atoms with E-state index in [1.165, 1.54) is 0 Å². The lowest BCUT2D eigenvalue weighted by molar-refractivity contribution is -0.135. The minimum atomic E-state index is 0.133. The van der Waals surface area contributed by atoms with Crippen LogP contribution in [0.25, 0.3) is 10.6 Å². The summed E-state index contributed by atoms with van der Waals surface area (Å²) >= 11 is 1.58. The molecule has 0 aliphatic carbocycles. The first kappa shape index (κ1) is 15.6. The van der Waals surface area contributed by atoms with Gasteiger partial charge in [-0.3, -0.25) is 14.6 Å². The average molecular weight is 330 g/mol. The van der Waals surface area contributed by atoms with E-state index in [2.05, 4.69) is 9.97 Å². The number of carbonyl (C=O) groups is 2. The van der Waals surface area contributed by atoms with Crippen molar-refractivity contribution < 1.29 is 9.59 Å². The molecule has 2 aromatic rings. The molecule has 0 saturated carbocycles.